The fourth-order valence-corrected chi connectivity index (χ4v) is 7.12. The molecule has 5 rings (SSSR count). The lowest BCUT2D eigenvalue weighted by atomic mass is 9.58. The average Bonchev–Trinajstić information content (AvgIpc) is 3.58. The summed E-state index contributed by atoms with van der Waals surface area (Å²) in [6.07, 6.45) is 8.44. The number of carbonyl (C=O) groups excluding carboxylic acids is 1. The smallest absolute Gasteiger partial charge is 0.341 e. The van der Waals surface area contributed by atoms with Gasteiger partial charge in [-0.2, -0.15) is 0 Å². The largest absolute Gasteiger partial charge is 0.467 e. The molecule has 0 amide bonds. The van der Waals surface area contributed by atoms with Gasteiger partial charge in [-0.25, -0.2) is 4.79 Å². The lowest BCUT2D eigenvalue weighted by molar-refractivity contribution is -0.319. The molecule has 0 aliphatic carbocycles. The van der Waals surface area contributed by atoms with Crippen LogP contribution < -0.4 is 0 Å². The summed E-state index contributed by atoms with van der Waals surface area (Å²) in [5, 5.41) is 0. The standard InChI is InChI=1S/C22H34O7/c1-24-18(23)20(9-4-14-27-20)22(11-6-16-29-22)21(10-5-15-28-21)19(8-3-13-26-19)17-7-2-12-25-17/h17H,2-16H2,1H3/t17-,19+,20-,21-,22+/m0/s1. The fourth-order valence-electron chi connectivity index (χ4n) is 7.12. The van der Waals surface area contributed by atoms with Crippen molar-refractivity contribution in [3.05, 3.63) is 0 Å². The van der Waals surface area contributed by atoms with Crippen LogP contribution in [0, 0.1) is 0 Å². The molecule has 0 unspecified atom stereocenters. The minimum Gasteiger partial charge on any atom is -0.467 e. The van der Waals surface area contributed by atoms with E-state index in [9.17, 15) is 4.79 Å². The Kier molecular flexibility index (Phi) is 5.18. The maximum absolute atomic E-state index is 13.3. The van der Waals surface area contributed by atoms with Crippen molar-refractivity contribution < 1.29 is 33.2 Å². The topological polar surface area (TPSA) is 72.5 Å². The lowest BCUT2D eigenvalue weighted by Gasteiger charge is -2.59. The van der Waals surface area contributed by atoms with Crippen molar-refractivity contribution >= 4 is 5.97 Å². The molecule has 29 heavy (non-hydrogen) atoms. The third-order valence-corrected chi connectivity index (χ3v) is 8.07. The Morgan fingerprint density at radius 2 is 1.41 bits per heavy atom. The van der Waals surface area contributed by atoms with Crippen LogP contribution in [0.4, 0.5) is 0 Å². The summed E-state index contributed by atoms with van der Waals surface area (Å²) in [7, 11) is 1.44. The van der Waals surface area contributed by atoms with Crippen molar-refractivity contribution in [2.24, 2.45) is 0 Å². The molecule has 7 heteroatoms. The summed E-state index contributed by atoms with van der Waals surface area (Å²) in [4.78, 5) is 13.3. The monoisotopic (exact) mass is 410 g/mol. The van der Waals surface area contributed by atoms with E-state index in [-0.39, 0.29) is 12.1 Å². The molecule has 164 valence electrons. The Balaban J connectivity index is 1.69. The Morgan fingerprint density at radius 1 is 0.759 bits per heavy atom. The van der Waals surface area contributed by atoms with Gasteiger partial charge in [-0.3, -0.25) is 0 Å². The first-order valence-corrected chi connectivity index (χ1v) is 11.4. The zero-order valence-corrected chi connectivity index (χ0v) is 17.5. The molecule has 0 spiro atoms. The van der Waals surface area contributed by atoms with E-state index in [1.165, 1.54) is 7.11 Å². The summed E-state index contributed by atoms with van der Waals surface area (Å²) >= 11 is 0. The predicted molar refractivity (Wildman–Crippen MR) is 103 cm³/mol. The SMILES string of the molecule is COC(=O)[C@]1([C@@]2([C@@]3([C@]4([C@@H]5CCCO5)CCCO4)CCCO3)CCCO2)CCCO1. The Hall–Kier alpha value is -0.730. The first kappa shape index (κ1) is 20.2. The van der Waals surface area contributed by atoms with Crippen molar-refractivity contribution in [2.45, 2.75) is 92.7 Å². The highest BCUT2D eigenvalue weighted by Gasteiger charge is 2.79. The molecule has 5 heterocycles. The molecule has 5 aliphatic rings. The van der Waals surface area contributed by atoms with Crippen LogP contribution in [0.3, 0.4) is 0 Å². The second-order valence-corrected chi connectivity index (χ2v) is 9.17. The zero-order chi connectivity index (χ0) is 20.0. The Labute approximate surface area is 172 Å². The summed E-state index contributed by atoms with van der Waals surface area (Å²) < 4.78 is 37.9. The molecular formula is C22H34O7. The highest BCUT2D eigenvalue weighted by atomic mass is 16.6. The molecule has 0 aromatic carbocycles. The number of ether oxygens (including phenoxy) is 6. The number of rotatable bonds is 5. The van der Waals surface area contributed by atoms with Crippen LogP contribution in [0.1, 0.15) is 64.2 Å². The van der Waals surface area contributed by atoms with Gasteiger partial charge in [0.05, 0.1) is 13.2 Å². The maximum atomic E-state index is 13.3. The van der Waals surface area contributed by atoms with Gasteiger partial charge in [0.25, 0.3) is 0 Å². The van der Waals surface area contributed by atoms with Crippen LogP contribution >= 0.6 is 0 Å². The van der Waals surface area contributed by atoms with Crippen molar-refractivity contribution in [3.63, 3.8) is 0 Å². The van der Waals surface area contributed by atoms with E-state index < -0.39 is 22.4 Å². The van der Waals surface area contributed by atoms with Gasteiger partial charge in [0.2, 0.25) is 0 Å². The molecule has 7 nitrogen and oxygen atoms in total. The van der Waals surface area contributed by atoms with Gasteiger partial charge in [0, 0.05) is 33.0 Å². The van der Waals surface area contributed by atoms with Crippen LogP contribution in [0.15, 0.2) is 0 Å². The number of hydrogen-bond donors (Lipinski definition) is 0. The average molecular weight is 411 g/mol. The summed E-state index contributed by atoms with van der Waals surface area (Å²) in [5.74, 6) is -0.340. The third-order valence-electron chi connectivity index (χ3n) is 8.07. The van der Waals surface area contributed by atoms with E-state index in [0.717, 1.165) is 58.0 Å². The van der Waals surface area contributed by atoms with Crippen LogP contribution in [-0.4, -0.2) is 74.6 Å². The van der Waals surface area contributed by atoms with Gasteiger partial charge in [-0.05, 0) is 64.2 Å². The number of carbonyl (C=O) groups is 1. The zero-order valence-electron chi connectivity index (χ0n) is 17.5. The summed E-state index contributed by atoms with van der Waals surface area (Å²) in [6, 6.07) is 0. The van der Waals surface area contributed by atoms with Gasteiger partial charge in [0.15, 0.2) is 5.60 Å². The van der Waals surface area contributed by atoms with Crippen LogP contribution in [0.2, 0.25) is 0 Å². The summed E-state index contributed by atoms with van der Waals surface area (Å²) in [5.41, 5.74) is -3.46. The fraction of sp³-hybridized carbons (Fsp3) is 0.955. The van der Waals surface area contributed by atoms with E-state index in [1.807, 2.05) is 0 Å². The van der Waals surface area contributed by atoms with Gasteiger partial charge >= 0.3 is 5.97 Å². The molecular weight excluding hydrogens is 376 g/mol. The van der Waals surface area contributed by atoms with Gasteiger partial charge in [-0.15, -0.1) is 0 Å². The number of esters is 1. The van der Waals surface area contributed by atoms with Crippen molar-refractivity contribution in [2.75, 3.05) is 40.1 Å². The molecule has 5 aliphatic heterocycles. The molecule has 0 saturated carbocycles. The van der Waals surface area contributed by atoms with Crippen LogP contribution in [0.5, 0.6) is 0 Å². The van der Waals surface area contributed by atoms with Crippen molar-refractivity contribution in [3.8, 4) is 0 Å². The Bertz CT molecular complexity index is 603. The molecule has 5 atom stereocenters. The molecule has 0 bridgehead atoms. The third kappa shape index (κ3) is 2.51. The van der Waals surface area contributed by atoms with E-state index in [0.29, 0.717) is 39.3 Å². The molecule has 0 N–H and O–H groups in total. The normalized spacial score (nSPS) is 47.8. The molecule has 0 aromatic rings. The highest BCUT2D eigenvalue weighted by Crippen LogP contribution is 2.62. The number of hydrogen-bond acceptors (Lipinski definition) is 7. The van der Waals surface area contributed by atoms with Crippen molar-refractivity contribution in [1.29, 1.82) is 0 Å². The quantitative estimate of drug-likeness (QED) is 0.645. The van der Waals surface area contributed by atoms with Crippen molar-refractivity contribution in [1.82, 2.24) is 0 Å². The second kappa shape index (κ2) is 7.45. The van der Waals surface area contributed by atoms with E-state index >= 15 is 0 Å². The minimum atomic E-state index is -1.15. The number of methoxy groups -OCH3 is 1. The molecule has 0 radical (unpaired) electrons. The first-order valence-electron chi connectivity index (χ1n) is 11.4. The van der Waals surface area contributed by atoms with E-state index in [2.05, 4.69) is 0 Å². The highest BCUT2D eigenvalue weighted by molar-refractivity contribution is 5.82. The predicted octanol–water partition coefficient (Wildman–Crippen LogP) is 2.54. The van der Waals surface area contributed by atoms with Gasteiger partial charge in [-0.1, -0.05) is 0 Å². The first-order chi connectivity index (χ1) is 14.2. The molecule has 5 fully saturated rings. The molecule has 5 saturated heterocycles. The van der Waals surface area contributed by atoms with E-state index in [1.54, 1.807) is 0 Å². The van der Waals surface area contributed by atoms with Crippen LogP contribution in [0.25, 0.3) is 0 Å². The summed E-state index contributed by atoms with van der Waals surface area (Å²) in [6.45, 7) is 3.20. The van der Waals surface area contributed by atoms with Gasteiger partial charge < -0.3 is 28.4 Å². The van der Waals surface area contributed by atoms with Gasteiger partial charge in [0.1, 0.15) is 16.8 Å². The minimum absolute atomic E-state index is 0.0414. The Morgan fingerprint density at radius 3 is 1.93 bits per heavy atom. The van der Waals surface area contributed by atoms with E-state index in [4.69, 9.17) is 28.4 Å². The maximum Gasteiger partial charge on any atom is 0.341 e. The van der Waals surface area contributed by atoms with Crippen LogP contribution in [-0.2, 0) is 33.2 Å². The lowest BCUT2D eigenvalue weighted by Crippen LogP contribution is -2.79. The molecule has 0 aromatic heterocycles. The second-order valence-electron chi connectivity index (χ2n) is 9.17.